The molecular weight excluding hydrogens is 450 g/mol. The van der Waals surface area contributed by atoms with Gasteiger partial charge in [-0.25, -0.2) is 14.8 Å². The van der Waals surface area contributed by atoms with Crippen molar-refractivity contribution in [1.82, 2.24) is 19.9 Å². The number of hydrogen-bond acceptors (Lipinski definition) is 6. The molecule has 7 nitrogen and oxygen atoms in total. The molecule has 0 unspecified atom stereocenters. The summed E-state index contributed by atoms with van der Waals surface area (Å²) in [7, 11) is 0. The van der Waals surface area contributed by atoms with Crippen LogP contribution in [-0.2, 0) is 4.74 Å². The van der Waals surface area contributed by atoms with Crippen molar-refractivity contribution in [3.05, 3.63) is 84.7 Å². The number of anilines is 1. The number of carbonyl (C=O) groups is 1. The number of pyridine rings is 1. The normalized spacial score (nSPS) is 13.5. The average molecular weight is 480 g/mol. The fourth-order valence-corrected chi connectivity index (χ4v) is 4.28. The SMILES string of the molecule is CCOC(=O)N1CCN(c2cc(-c3cncc(-c4ccc(C)cc4)c3)nc(-c3ccccc3)n2)CC1. The van der Waals surface area contributed by atoms with Crippen LogP contribution in [0.5, 0.6) is 0 Å². The quantitative estimate of drug-likeness (QED) is 0.379. The lowest BCUT2D eigenvalue weighted by molar-refractivity contribution is 0.105. The monoisotopic (exact) mass is 479 g/mol. The summed E-state index contributed by atoms with van der Waals surface area (Å²) >= 11 is 0. The van der Waals surface area contributed by atoms with Gasteiger partial charge in [-0.15, -0.1) is 0 Å². The number of hydrogen-bond donors (Lipinski definition) is 0. The van der Waals surface area contributed by atoms with Crippen molar-refractivity contribution < 1.29 is 9.53 Å². The fraction of sp³-hybridized carbons (Fsp3) is 0.241. The molecule has 1 aliphatic heterocycles. The van der Waals surface area contributed by atoms with Crippen LogP contribution in [0.2, 0.25) is 0 Å². The van der Waals surface area contributed by atoms with Gasteiger partial charge in [0.2, 0.25) is 0 Å². The predicted molar refractivity (Wildman–Crippen MR) is 142 cm³/mol. The molecule has 1 amide bonds. The summed E-state index contributed by atoms with van der Waals surface area (Å²) in [6.07, 6.45) is 3.46. The van der Waals surface area contributed by atoms with Crippen LogP contribution in [-0.4, -0.2) is 58.7 Å². The molecular formula is C29H29N5O2. The van der Waals surface area contributed by atoms with E-state index < -0.39 is 0 Å². The zero-order valence-electron chi connectivity index (χ0n) is 20.6. The van der Waals surface area contributed by atoms with Crippen LogP contribution < -0.4 is 4.90 Å². The Bertz CT molecular complexity index is 1330. The minimum atomic E-state index is -0.260. The Hall–Kier alpha value is -4.26. The summed E-state index contributed by atoms with van der Waals surface area (Å²) in [4.78, 5) is 30.4. The Kier molecular flexibility index (Phi) is 6.89. The molecule has 1 saturated heterocycles. The molecule has 0 bridgehead atoms. The zero-order valence-corrected chi connectivity index (χ0v) is 20.6. The lowest BCUT2D eigenvalue weighted by atomic mass is 10.0. The summed E-state index contributed by atoms with van der Waals surface area (Å²) in [5.74, 6) is 1.50. The standard InChI is InChI=1S/C29H29N5O2/c1-3-36-29(35)34-15-13-33(14-16-34)27-18-26(31-28(32-27)23-7-5-4-6-8-23)25-17-24(19-30-20-25)22-11-9-21(2)10-12-22/h4-12,17-20H,3,13-16H2,1-2H3. The van der Waals surface area contributed by atoms with Crippen molar-refractivity contribution in [2.45, 2.75) is 13.8 Å². The van der Waals surface area contributed by atoms with Gasteiger partial charge in [0.15, 0.2) is 5.82 Å². The molecule has 1 fully saturated rings. The maximum absolute atomic E-state index is 12.1. The Morgan fingerprint density at radius 3 is 2.28 bits per heavy atom. The summed E-state index contributed by atoms with van der Waals surface area (Å²) in [6.45, 7) is 6.80. The van der Waals surface area contributed by atoms with Gasteiger partial charge < -0.3 is 14.5 Å². The van der Waals surface area contributed by atoms with Gasteiger partial charge in [-0.05, 0) is 25.5 Å². The molecule has 0 spiro atoms. The number of aromatic nitrogens is 3. The fourth-order valence-electron chi connectivity index (χ4n) is 4.28. The number of nitrogens with zero attached hydrogens (tertiary/aromatic N) is 5. The lowest BCUT2D eigenvalue weighted by Crippen LogP contribution is -2.49. The second kappa shape index (κ2) is 10.6. The van der Waals surface area contributed by atoms with Gasteiger partial charge in [0.05, 0.1) is 12.3 Å². The van der Waals surface area contributed by atoms with Crippen molar-refractivity contribution in [2.24, 2.45) is 0 Å². The van der Waals surface area contributed by atoms with Crippen LogP contribution in [0.4, 0.5) is 10.6 Å². The first-order valence-corrected chi connectivity index (χ1v) is 12.2. The molecule has 0 aliphatic carbocycles. The number of carbonyl (C=O) groups excluding carboxylic acids is 1. The maximum atomic E-state index is 12.1. The van der Waals surface area contributed by atoms with Crippen LogP contribution in [0.15, 0.2) is 79.1 Å². The van der Waals surface area contributed by atoms with Gasteiger partial charge in [0, 0.05) is 61.3 Å². The van der Waals surface area contributed by atoms with Gasteiger partial charge in [-0.3, -0.25) is 4.98 Å². The van der Waals surface area contributed by atoms with Crippen LogP contribution in [0.3, 0.4) is 0 Å². The van der Waals surface area contributed by atoms with E-state index in [4.69, 9.17) is 14.7 Å². The van der Waals surface area contributed by atoms with Crippen LogP contribution in [0, 0.1) is 6.92 Å². The van der Waals surface area contributed by atoms with Crippen LogP contribution in [0.1, 0.15) is 12.5 Å². The summed E-state index contributed by atoms with van der Waals surface area (Å²) in [5, 5.41) is 0. The Morgan fingerprint density at radius 1 is 0.833 bits per heavy atom. The van der Waals surface area contributed by atoms with Crippen molar-refractivity contribution in [3.63, 3.8) is 0 Å². The predicted octanol–water partition coefficient (Wildman–Crippen LogP) is 5.46. The van der Waals surface area contributed by atoms with Crippen molar-refractivity contribution in [3.8, 4) is 33.8 Å². The van der Waals surface area contributed by atoms with E-state index in [0.29, 0.717) is 38.6 Å². The van der Waals surface area contributed by atoms with E-state index in [-0.39, 0.29) is 6.09 Å². The molecule has 0 saturated carbocycles. The van der Waals surface area contributed by atoms with Crippen molar-refractivity contribution >= 4 is 11.9 Å². The van der Waals surface area contributed by atoms with E-state index >= 15 is 0 Å². The number of rotatable bonds is 5. The molecule has 2 aromatic carbocycles. The van der Waals surface area contributed by atoms with E-state index in [1.54, 1.807) is 4.90 Å². The summed E-state index contributed by atoms with van der Waals surface area (Å²) in [6, 6.07) is 22.6. The van der Waals surface area contributed by atoms with Gasteiger partial charge in [-0.2, -0.15) is 0 Å². The van der Waals surface area contributed by atoms with E-state index in [2.05, 4.69) is 47.1 Å². The average Bonchev–Trinajstić information content (AvgIpc) is 2.94. The third-order valence-corrected chi connectivity index (χ3v) is 6.29. The number of aryl methyl sites for hydroxylation is 1. The third kappa shape index (κ3) is 5.20. The first-order valence-electron chi connectivity index (χ1n) is 12.2. The topological polar surface area (TPSA) is 71.5 Å². The van der Waals surface area contributed by atoms with E-state index in [9.17, 15) is 4.79 Å². The minimum Gasteiger partial charge on any atom is -0.450 e. The lowest BCUT2D eigenvalue weighted by Gasteiger charge is -2.35. The largest absolute Gasteiger partial charge is 0.450 e. The van der Waals surface area contributed by atoms with Crippen molar-refractivity contribution in [2.75, 3.05) is 37.7 Å². The first kappa shape index (κ1) is 23.5. The summed E-state index contributed by atoms with van der Waals surface area (Å²) in [5.41, 5.74) is 6.07. The second-order valence-corrected chi connectivity index (χ2v) is 8.80. The molecule has 4 aromatic rings. The highest BCUT2D eigenvalue weighted by molar-refractivity contribution is 5.73. The molecule has 0 N–H and O–H groups in total. The Labute approximate surface area is 211 Å². The van der Waals surface area contributed by atoms with Crippen molar-refractivity contribution in [1.29, 1.82) is 0 Å². The maximum Gasteiger partial charge on any atom is 0.409 e. The highest BCUT2D eigenvalue weighted by Gasteiger charge is 2.24. The van der Waals surface area contributed by atoms with E-state index in [1.807, 2.05) is 55.7 Å². The van der Waals surface area contributed by atoms with Gasteiger partial charge >= 0.3 is 6.09 Å². The highest BCUT2D eigenvalue weighted by Crippen LogP contribution is 2.29. The third-order valence-electron chi connectivity index (χ3n) is 6.29. The van der Waals surface area contributed by atoms with Gasteiger partial charge in [-0.1, -0.05) is 60.2 Å². The number of benzene rings is 2. The highest BCUT2D eigenvalue weighted by atomic mass is 16.6. The number of ether oxygens (including phenoxy) is 1. The van der Waals surface area contributed by atoms with E-state index in [1.165, 1.54) is 5.56 Å². The molecule has 182 valence electrons. The molecule has 0 radical (unpaired) electrons. The second-order valence-electron chi connectivity index (χ2n) is 8.80. The molecule has 0 atom stereocenters. The van der Waals surface area contributed by atoms with E-state index in [0.717, 1.165) is 33.8 Å². The number of amides is 1. The van der Waals surface area contributed by atoms with Gasteiger partial charge in [0.1, 0.15) is 5.82 Å². The smallest absolute Gasteiger partial charge is 0.409 e. The Balaban J connectivity index is 1.49. The molecule has 1 aliphatic rings. The summed E-state index contributed by atoms with van der Waals surface area (Å²) < 4.78 is 5.17. The molecule has 7 heteroatoms. The number of piperazine rings is 1. The molecule has 36 heavy (non-hydrogen) atoms. The molecule has 5 rings (SSSR count). The molecule has 3 heterocycles. The van der Waals surface area contributed by atoms with Crippen LogP contribution in [0.25, 0.3) is 33.8 Å². The Morgan fingerprint density at radius 2 is 1.56 bits per heavy atom. The minimum absolute atomic E-state index is 0.260. The molecule has 2 aromatic heterocycles. The first-order chi connectivity index (χ1) is 17.6. The van der Waals surface area contributed by atoms with Crippen LogP contribution >= 0.6 is 0 Å². The van der Waals surface area contributed by atoms with Gasteiger partial charge in [0.25, 0.3) is 0 Å². The zero-order chi connectivity index (χ0) is 24.9.